The molecule has 16 heteroatoms. The van der Waals surface area contributed by atoms with E-state index in [0.29, 0.717) is 18.4 Å². The van der Waals surface area contributed by atoms with E-state index in [1.54, 1.807) is 19.1 Å². The number of phenolic OH excluding ortho intramolecular Hbond substituents is 2. The largest absolute Gasteiger partial charge is 0.507 e. The topological polar surface area (TPSA) is 243 Å². The van der Waals surface area contributed by atoms with E-state index in [9.17, 15) is 54.0 Å². The second-order valence-corrected chi connectivity index (χ2v) is 18.6. The van der Waals surface area contributed by atoms with E-state index >= 15 is 0 Å². The van der Waals surface area contributed by atoms with Crippen LogP contribution in [0.1, 0.15) is 160 Å². The van der Waals surface area contributed by atoms with Gasteiger partial charge in [-0.05, 0) is 55.2 Å². The molecule has 0 fully saturated rings. The van der Waals surface area contributed by atoms with Gasteiger partial charge in [0.05, 0.1) is 18.8 Å². The van der Waals surface area contributed by atoms with Crippen LogP contribution in [-0.4, -0.2) is 123 Å². The second kappa shape index (κ2) is 29.5. The molecule has 16 nitrogen and oxygen atoms in total. The van der Waals surface area contributed by atoms with Crippen molar-refractivity contribution >= 4 is 41.1 Å². The summed E-state index contributed by atoms with van der Waals surface area (Å²) in [5, 5.41) is 50.1. The number of Topliss-reactive ketones (excluding diaryl/α,β-unsaturated/α-hetero) is 2. The number of carbonyl (C=O) groups is 7. The maximum absolute atomic E-state index is 14.2. The fraction of sp³-hybridized carbons (Fsp3) is 0.635. The van der Waals surface area contributed by atoms with Gasteiger partial charge >= 0.3 is 0 Å². The number of phenols is 2. The number of carbonyl (C=O) groups excluding carboxylic acids is 7. The highest BCUT2D eigenvalue weighted by molar-refractivity contribution is 5.97. The lowest BCUT2D eigenvalue weighted by atomic mass is 9.89. The Balaban J connectivity index is 1.64. The monoisotopic (exact) mass is 950 g/mol. The number of nitrogens with one attached hydrogen (secondary N) is 3. The summed E-state index contributed by atoms with van der Waals surface area (Å²) < 4.78 is 0. The van der Waals surface area contributed by atoms with Gasteiger partial charge in [-0.25, -0.2) is 0 Å². The number of hydrogen-bond donors (Lipinski definition) is 7. The molecule has 2 aromatic carbocycles. The van der Waals surface area contributed by atoms with E-state index in [1.807, 2.05) is 0 Å². The zero-order chi connectivity index (χ0) is 50.3. The molecule has 0 spiro atoms. The van der Waals surface area contributed by atoms with Crippen LogP contribution in [-0.2, 0) is 40.0 Å². The zero-order valence-corrected chi connectivity index (χ0v) is 41.3. The number of hydrogen-bond acceptors (Lipinski definition) is 11. The van der Waals surface area contributed by atoms with Gasteiger partial charge in [-0.2, -0.15) is 0 Å². The molecule has 3 unspecified atom stereocenters. The average Bonchev–Trinajstić information content (AvgIpc) is 3.31. The number of amides is 5. The van der Waals surface area contributed by atoms with E-state index in [1.165, 1.54) is 115 Å². The van der Waals surface area contributed by atoms with Crippen LogP contribution in [0.2, 0.25) is 0 Å². The quantitative estimate of drug-likeness (QED) is 0.0517. The van der Waals surface area contributed by atoms with Crippen LogP contribution in [0.5, 0.6) is 11.5 Å². The molecule has 2 aromatic rings. The molecule has 0 saturated carbocycles. The molecule has 0 radical (unpaired) electrons. The molecule has 6 atom stereocenters. The van der Waals surface area contributed by atoms with Gasteiger partial charge in [0.2, 0.25) is 29.5 Å². The fourth-order valence-corrected chi connectivity index (χ4v) is 8.42. The van der Waals surface area contributed by atoms with Crippen LogP contribution in [0.25, 0.3) is 11.1 Å². The first-order valence-electron chi connectivity index (χ1n) is 24.8. The molecule has 7 N–H and O–H groups in total. The summed E-state index contributed by atoms with van der Waals surface area (Å²) >= 11 is 0. The molecular weight excluding hydrogens is 871 g/mol. The van der Waals surface area contributed by atoms with Gasteiger partial charge in [0.15, 0.2) is 11.6 Å². The number of unbranched alkanes of at least 4 members (excludes halogenated alkanes) is 12. The number of aliphatic hydroxyl groups excluding tert-OH is 2. The Bertz CT molecular complexity index is 1990. The summed E-state index contributed by atoms with van der Waals surface area (Å²) in [7, 11) is 2.82. The Morgan fingerprint density at radius 2 is 1.34 bits per heavy atom. The molecule has 68 heavy (non-hydrogen) atoms. The van der Waals surface area contributed by atoms with E-state index in [0.717, 1.165) is 24.2 Å². The number of benzene rings is 2. The molecule has 1 heterocycles. The zero-order valence-electron chi connectivity index (χ0n) is 41.3. The number of aliphatic hydroxyl groups is 2. The number of aromatic hydroxyl groups is 2. The summed E-state index contributed by atoms with van der Waals surface area (Å²) in [6, 6.07) is 3.99. The maximum atomic E-state index is 14.2. The molecule has 0 aliphatic carbocycles. The summed E-state index contributed by atoms with van der Waals surface area (Å²) in [6.07, 6.45) is 13.9. The minimum absolute atomic E-state index is 0.0205. The second-order valence-electron chi connectivity index (χ2n) is 18.6. The molecule has 0 aromatic heterocycles. The number of likely N-dealkylation sites (N-methyl/N-ethyl adjacent to an activating group) is 2. The van der Waals surface area contributed by atoms with Gasteiger partial charge in [-0.1, -0.05) is 110 Å². The van der Waals surface area contributed by atoms with Gasteiger partial charge in [-0.15, -0.1) is 0 Å². The number of nitrogens with zero attached hydrogens (tertiary/aromatic N) is 2. The first-order valence-corrected chi connectivity index (χ1v) is 24.8. The minimum atomic E-state index is -1.31. The predicted molar refractivity (Wildman–Crippen MR) is 260 cm³/mol. The summed E-state index contributed by atoms with van der Waals surface area (Å²) in [6.45, 7) is 6.22. The Morgan fingerprint density at radius 1 is 0.765 bits per heavy atom. The van der Waals surface area contributed by atoms with Crippen molar-refractivity contribution in [2.24, 2.45) is 5.92 Å². The van der Waals surface area contributed by atoms with Crippen molar-refractivity contribution in [3.05, 3.63) is 47.5 Å². The molecule has 378 valence electrons. The van der Waals surface area contributed by atoms with Crippen LogP contribution in [0, 0.1) is 5.92 Å². The lowest BCUT2D eigenvalue weighted by molar-refractivity contribution is -0.142. The van der Waals surface area contributed by atoms with Crippen molar-refractivity contribution in [3.63, 3.8) is 0 Å². The van der Waals surface area contributed by atoms with Crippen molar-refractivity contribution < 1.29 is 54.0 Å². The normalized spacial score (nSPS) is 17.5. The molecule has 1 aliphatic heterocycles. The van der Waals surface area contributed by atoms with Gasteiger partial charge in [0, 0.05) is 69.8 Å². The third-order valence-corrected chi connectivity index (χ3v) is 13.0. The van der Waals surface area contributed by atoms with E-state index < -0.39 is 78.0 Å². The van der Waals surface area contributed by atoms with Crippen LogP contribution in [0.4, 0.5) is 0 Å². The van der Waals surface area contributed by atoms with Crippen molar-refractivity contribution in [2.75, 3.05) is 27.2 Å². The van der Waals surface area contributed by atoms with Gasteiger partial charge in [0.25, 0.3) is 0 Å². The van der Waals surface area contributed by atoms with Crippen LogP contribution >= 0.6 is 0 Å². The van der Waals surface area contributed by atoms with Crippen LogP contribution in [0.15, 0.2) is 36.4 Å². The molecule has 0 saturated heterocycles. The van der Waals surface area contributed by atoms with Crippen LogP contribution < -0.4 is 16.0 Å². The van der Waals surface area contributed by atoms with E-state index in [4.69, 9.17) is 0 Å². The Hall–Kier alpha value is -5.35. The fourth-order valence-electron chi connectivity index (χ4n) is 8.42. The van der Waals surface area contributed by atoms with Gasteiger partial charge in [-0.3, -0.25) is 33.6 Å². The number of fused-ring (bicyclic) bond motifs is 5. The summed E-state index contributed by atoms with van der Waals surface area (Å²) in [5.41, 5.74) is 1.07. The molecule has 1 aliphatic rings. The smallest absolute Gasteiger partial charge is 0.245 e. The van der Waals surface area contributed by atoms with Gasteiger partial charge in [0.1, 0.15) is 29.6 Å². The summed E-state index contributed by atoms with van der Waals surface area (Å²) in [5.74, 6) is -5.32. The standard InChI is InChI=1S/C52H79N5O11/c1-7-9-10-11-12-13-14-15-16-17-18-19-20-21-47(64)56(5)42(33-58)52(68)54-35(4)43(60)26-27-48(65)57(6)49-37-23-25-45(62)40(31-37)39-29-36(22-24-44(39)61)30-41(51(67)53-32-38(59)8-2)55-50(66)34(3)28-46(49)63/h22-25,29,31,34-35,38,41-42,49,58-59,61-62H,7-21,26-28,30,32-33H2,1-6H3,(H,53,67)(H,54,68)(H,55,66)/t34-,35-,38?,41?,42?,49+/m1/s1. The molecular formula is C52H79N5O11. The Labute approximate surface area is 403 Å². The highest BCUT2D eigenvalue weighted by Crippen LogP contribution is 2.39. The summed E-state index contributed by atoms with van der Waals surface area (Å²) in [4.78, 5) is 96.9. The highest BCUT2D eigenvalue weighted by atomic mass is 16.3. The Morgan fingerprint density at radius 3 is 1.93 bits per heavy atom. The lowest BCUT2D eigenvalue weighted by Gasteiger charge is -2.30. The maximum Gasteiger partial charge on any atom is 0.245 e. The average molecular weight is 950 g/mol. The highest BCUT2D eigenvalue weighted by Gasteiger charge is 2.34. The van der Waals surface area contributed by atoms with Crippen molar-refractivity contribution in [1.82, 2.24) is 25.8 Å². The third kappa shape index (κ3) is 17.9. The number of rotatable bonds is 27. The predicted octanol–water partition coefficient (Wildman–Crippen LogP) is 5.94. The lowest BCUT2D eigenvalue weighted by Crippen LogP contribution is -2.53. The van der Waals surface area contributed by atoms with Crippen molar-refractivity contribution in [1.29, 1.82) is 0 Å². The molecule has 4 bridgehead atoms. The van der Waals surface area contributed by atoms with Crippen LogP contribution in [0.3, 0.4) is 0 Å². The Kier molecular flexibility index (Phi) is 24.7. The van der Waals surface area contributed by atoms with E-state index in [-0.39, 0.29) is 72.7 Å². The molecule has 5 amide bonds. The van der Waals surface area contributed by atoms with E-state index in [2.05, 4.69) is 22.9 Å². The number of ketones is 2. The first kappa shape index (κ1) is 57.0. The first-order chi connectivity index (χ1) is 32.4. The van der Waals surface area contributed by atoms with Crippen molar-refractivity contribution in [2.45, 2.75) is 180 Å². The molecule has 3 rings (SSSR count). The SMILES string of the molecule is CCCCCCCCCCCCCCCC(=O)N(C)C(CO)C(=O)N[C@H](C)C(=O)CCC(=O)N(C)[C@@H]1C(=O)C[C@@H](C)C(=O)NC(C(=O)NCC(O)CC)Cc2ccc(O)c(c2)-c2cc1ccc2O. The third-order valence-electron chi connectivity index (χ3n) is 13.0. The van der Waals surface area contributed by atoms with Crippen molar-refractivity contribution in [3.8, 4) is 22.6 Å². The minimum Gasteiger partial charge on any atom is -0.507 e. The van der Waals surface area contributed by atoms with Gasteiger partial charge < -0.3 is 46.2 Å².